The maximum atomic E-state index is 12.6. The van der Waals surface area contributed by atoms with E-state index in [-0.39, 0.29) is 11.7 Å². The number of hydrogen-bond donors (Lipinski definition) is 2. The molecule has 2 aromatic heterocycles. The lowest BCUT2D eigenvalue weighted by molar-refractivity contribution is -0.119. The van der Waals surface area contributed by atoms with Crippen molar-refractivity contribution < 1.29 is 14.0 Å². The first-order valence-corrected chi connectivity index (χ1v) is 9.95. The van der Waals surface area contributed by atoms with Gasteiger partial charge in [-0.3, -0.25) is 14.3 Å². The van der Waals surface area contributed by atoms with Crippen LogP contribution in [0.1, 0.15) is 23.5 Å². The van der Waals surface area contributed by atoms with Crippen LogP contribution in [0.2, 0.25) is 5.02 Å². The standard InChI is InChI=1S/C23H19ClN4O3/c1-15(28-13-5-12-25-28)22(29)26-16-6-4-7-17(14-16)27-23(30)21-11-10-20(31-21)18-8-2-3-9-19(18)24/h2-15H,1H3,(H,26,29)(H,27,30). The molecule has 2 amide bonds. The fraction of sp³-hybridized carbons (Fsp3) is 0.0870. The van der Waals surface area contributed by atoms with Crippen molar-refractivity contribution in [2.24, 2.45) is 0 Å². The van der Waals surface area contributed by atoms with Crippen LogP contribution < -0.4 is 10.6 Å². The van der Waals surface area contributed by atoms with E-state index in [0.717, 1.165) is 0 Å². The lowest BCUT2D eigenvalue weighted by Crippen LogP contribution is -2.24. The van der Waals surface area contributed by atoms with Gasteiger partial charge >= 0.3 is 0 Å². The number of carbonyl (C=O) groups excluding carboxylic acids is 2. The zero-order valence-corrected chi connectivity index (χ0v) is 17.3. The molecule has 0 aliphatic rings. The molecule has 0 saturated heterocycles. The Kier molecular flexibility index (Phi) is 5.86. The van der Waals surface area contributed by atoms with Crippen molar-refractivity contribution in [1.29, 1.82) is 0 Å². The van der Waals surface area contributed by atoms with Crippen LogP contribution in [0.15, 0.2) is 83.5 Å². The second-order valence-electron chi connectivity index (χ2n) is 6.83. The first-order valence-electron chi connectivity index (χ1n) is 9.57. The van der Waals surface area contributed by atoms with Crippen molar-refractivity contribution in [1.82, 2.24) is 9.78 Å². The predicted octanol–water partition coefficient (Wildman–Crippen LogP) is 5.25. The van der Waals surface area contributed by atoms with Crippen molar-refractivity contribution in [3.05, 3.63) is 89.9 Å². The van der Waals surface area contributed by atoms with Crippen molar-refractivity contribution in [3.8, 4) is 11.3 Å². The molecule has 8 heteroatoms. The Morgan fingerprint density at radius 1 is 1.00 bits per heavy atom. The van der Waals surface area contributed by atoms with Crippen molar-refractivity contribution in [3.63, 3.8) is 0 Å². The Labute approximate surface area is 183 Å². The molecule has 0 aliphatic heterocycles. The molecule has 1 unspecified atom stereocenters. The Morgan fingerprint density at radius 3 is 2.52 bits per heavy atom. The molecule has 4 rings (SSSR count). The number of nitrogens with one attached hydrogen (secondary N) is 2. The molecule has 0 aliphatic carbocycles. The molecule has 2 aromatic carbocycles. The maximum Gasteiger partial charge on any atom is 0.291 e. The van der Waals surface area contributed by atoms with Crippen LogP contribution in [-0.2, 0) is 4.79 Å². The summed E-state index contributed by atoms with van der Waals surface area (Å²) in [7, 11) is 0. The predicted molar refractivity (Wildman–Crippen MR) is 119 cm³/mol. The second kappa shape index (κ2) is 8.89. The molecule has 1 atom stereocenters. The smallest absolute Gasteiger partial charge is 0.291 e. The van der Waals surface area contributed by atoms with Crippen molar-refractivity contribution in [2.45, 2.75) is 13.0 Å². The molecule has 2 N–H and O–H groups in total. The van der Waals surface area contributed by atoms with E-state index in [2.05, 4.69) is 15.7 Å². The lowest BCUT2D eigenvalue weighted by Gasteiger charge is -2.13. The number of hydrogen-bond acceptors (Lipinski definition) is 4. The molecular weight excluding hydrogens is 416 g/mol. The van der Waals surface area contributed by atoms with Gasteiger partial charge in [-0.2, -0.15) is 5.10 Å². The summed E-state index contributed by atoms with van der Waals surface area (Å²) in [5.74, 6) is 0.0234. The average Bonchev–Trinajstić information content (AvgIpc) is 3.46. The molecule has 0 radical (unpaired) electrons. The van der Waals surface area contributed by atoms with Crippen LogP contribution in [0, 0.1) is 0 Å². The van der Waals surface area contributed by atoms with Gasteiger partial charge in [-0.25, -0.2) is 0 Å². The van der Waals surface area contributed by atoms with E-state index < -0.39 is 11.9 Å². The Hall–Kier alpha value is -3.84. The van der Waals surface area contributed by atoms with E-state index in [4.69, 9.17) is 16.0 Å². The highest BCUT2D eigenvalue weighted by atomic mass is 35.5. The van der Waals surface area contributed by atoms with E-state index in [0.29, 0.717) is 27.7 Å². The molecule has 2 heterocycles. The summed E-state index contributed by atoms with van der Waals surface area (Å²) in [5, 5.41) is 10.2. The summed E-state index contributed by atoms with van der Waals surface area (Å²) in [6, 6.07) is 18.7. The average molecular weight is 435 g/mol. The summed E-state index contributed by atoms with van der Waals surface area (Å²) in [4.78, 5) is 25.0. The van der Waals surface area contributed by atoms with Gasteiger partial charge in [0.1, 0.15) is 11.8 Å². The van der Waals surface area contributed by atoms with Gasteiger partial charge in [0.2, 0.25) is 5.91 Å². The highest BCUT2D eigenvalue weighted by Crippen LogP contribution is 2.29. The van der Waals surface area contributed by atoms with Crippen LogP contribution in [0.25, 0.3) is 11.3 Å². The summed E-state index contributed by atoms with van der Waals surface area (Å²) in [6.07, 6.45) is 3.34. The van der Waals surface area contributed by atoms with Crippen molar-refractivity contribution in [2.75, 3.05) is 10.6 Å². The van der Waals surface area contributed by atoms with E-state index in [1.807, 2.05) is 18.2 Å². The zero-order valence-electron chi connectivity index (χ0n) is 16.6. The molecule has 0 saturated carbocycles. The van der Waals surface area contributed by atoms with Gasteiger partial charge in [0.15, 0.2) is 5.76 Å². The van der Waals surface area contributed by atoms with Gasteiger partial charge in [-0.1, -0.05) is 29.8 Å². The first-order chi connectivity index (χ1) is 15.0. The number of furan rings is 1. The third-order valence-corrected chi connectivity index (χ3v) is 4.99. The highest BCUT2D eigenvalue weighted by Gasteiger charge is 2.16. The van der Waals surface area contributed by atoms with Crippen molar-refractivity contribution >= 4 is 34.8 Å². The molecular formula is C23H19ClN4O3. The van der Waals surface area contributed by atoms with Gasteiger partial charge in [-0.15, -0.1) is 0 Å². The van der Waals surface area contributed by atoms with E-state index >= 15 is 0 Å². The van der Waals surface area contributed by atoms with Crippen LogP contribution >= 0.6 is 11.6 Å². The largest absolute Gasteiger partial charge is 0.451 e. The Bertz CT molecular complexity index is 1220. The minimum absolute atomic E-state index is 0.150. The number of benzene rings is 2. The van der Waals surface area contributed by atoms with Gasteiger partial charge < -0.3 is 15.1 Å². The zero-order chi connectivity index (χ0) is 21.8. The summed E-state index contributed by atoms with van der Waals surface area (Å²) in [6.45, 7) is 1.75. The van der Waals surface area contributed by atoms with E-state index in [1.165, 1.54) is 0 Å². The quantitative estimate of drug-likeness (QED) is 0.433. The fourth-order valence-electron chi connectivity index (χ4n) is 3.01. The van der Waals surface area contributed by atoms with E-state index in [1.54, 1.807) is 72.5 Å². The van der Waals surface area contributed by atoms with Gasteiger partial charge in [0.05, 0.1) is 5.02 Å². The van der Waals surface area contributed by atoms with Gasteiger partial charge in [-0.05, 0) is 55.5 Å². The number of nitrogens with zero attached hydrogens (tertiary/aromatic N) is 2. The molecule has 4 aromatic rings. The molecule has 0 spiro atoms. The summed E-state index contributed by atoms with van der Waals surface area (Å²) in [5.41, 5.74) is 1.78. The monoisotopic (exact) mass is 434 g/mol. The molecule has 156 valence electrons. The third-order valence-electron chi connectivity index (χ3n) is 4.66. The number of halogens is 1. The minimum atomic E-state index is -0.473. The minimum Gasteiger partial charge on any atom is -0.451 e. The number of amides is 2. The lowest BCUT2D eigenvalue weighted by atomic mass is 10.2. The number of anilines is 2. The summed E-state index contributed by atoms with van der Waals surface area (Å²) >= 11 is 6.19. The van der Waals surface area contributed by atoms with Crippen LogP contribution in [0.5, 0.6) is 0 Å². The molecule has 7 nitrogen and oxygen atoms in total. The summed E-state index contributed by atoms with van der Waals surface area (Å²) < 4.78 is 7.24. The molecule has 0 fully saturated rings. The second-order valence-corrected chi connectivity index (χ2v) is 7.24. The van der Waals surface area contributed by atoms with Gasteiger partial charge in [0.25, 0.3) is 5.91 Å². The van der Waals surface area contributed by atoms with E-state index in [9.17, 15) is 9.59 Å². The van der Waals surface area contributed by atoms with Gasteiger partial charge in [0, 0.05) is 29.3 Å². The number of aromatic nitrogens is 2. The topological polar surface area (TPSA) is 89.2 Å². The highest BCUT2D eigenvalue weighted by molar-refractivity contribution is 6.33. The SMILES string of the molecule is CC(C(=O)Nc1cccc(NC(=O)c2ccc(-c3ccccc3Cl)o2)c1)n1cccn1. The van der Waals surface area contributed by atoms with Crippen LogP contribution in [-0.4, -0.2) is 21.6 Å². The third kappa shape index (κ3) is 4.67. The molecule has 31 heavy (non-hydrogen) atoms. The number of carbonyl (C=O) groups is 2. The van der Waals surface area contributed by atoms with Crippen LogP contribution in [0.4, 0.5) is 11.4 Å². The van der Waals surface area contributed by atoms with Crippen LogP contribution in [0.3, 0.4) is 0 Å². The fourth-order valence-corrected chi connectivity index (χ4v) is 3.24. The molecule has 0 bridgehead atoms. The number of rotatable bonds is 6. The Balaban J connectivity index is 1.44. The normalized spacial score (nSPS) is 11.7. The first kappa shape index (κ1) is 20.4. The maximum absolute atomic E-state index is 12.6. The Morgan fingerprint density at radius 2 is 1.77 bits per heavy atom.